The number of hydrogen-bond acceptors (Lipinski definition) is 6. The van der Waals surface area contributed by atoms with E-state index in [-0.39, 0.29) is 29.5 Å². The van der Waals surface area contributed by atoms with Crippen LogP contribution in [0.2, 0.25) is 0 Å². The number of nitrogens with zero attached hydrogens (tertiary/aromatic N) is 4. The maximum Gasteiger partial charge on any atom is 0.417 e. The molecule has 4 N–H and O–H groups in total. The number of carbonyl (C=O) groups excluding carboxylic acids is 2. The van der Waals surface area contributed by atoms with E-state index in [1.54, 1.807) is 0 Å². The lowest BCUT2D eigenvalue weighted by Crippen LogP contribution is -2.46. The summed E-state index contributed by atoms with van der Waals surface area (Å²) in [5, 5.41) is 9.54. The van der Waals surface area contributed by atoms with Crippen LogP contribution in [-0.4, -0.2) is 43.4 Å². The number of likely N-dealkylation sites (tertiary alicyclic amines) is 1. The molecule has 0 radical (unpaired) electrons. The maximum atomic E-state index is 13.1. The topological polar surface area (TPSA) is 130 Å². The molecule has 4 rings (SSSR count). The first-order valence-electron chi connectivity index (χ1n) is 9.86. The van der Waals surface area contributed by atoms with E-state index in [4.69, 9.17) is 5.73 Å². The van der Waals surface area contributed by atoms with Gasteiger partial charge in [0.25, 0.3) is 0 Å². The number of rotatable bonds is 2. The summed E-state index contributed by atoms with van der Waals surface area (Å²) in [5.41, 5.74) is 5.73. The maximum absolute atomic E-state index is 13.1. The van der Waals surface area contributed by atoms with Crippen LogP contribution in [-0.2, 0) is 15.8 Å². The Kier molecular flexibility index (Phi) is 5.45. The summed E-state index contributed by atoms with van der Waals surface area (Å²) in [4.78, 5) is 34.8. The number of nitrogen functional groups attached to an aromatic ring is 1. The molecule has 1 fully saturated rings. The molecule has 3 aromatic heterocycles. The van der Waals surface area contributed by atoms with Crippen LogP contribution in [0.4, 0.5) is 24.7 Å². The first-order chi connectivity index (χ1) is 15.1. The molecule has 2 amide bonds. The average Bonchev–Trinajstić information content (AvgIpc) is 3.26. The van der Waals surface area contributed by atoms with Crippen LogP contribution in [0.5, 0.6) is 0 Å². The van der Waals surface area contributed by atoms with Crippen molar-refractivity contribution in [2.24, 2.45) is 5.92 Å². The number of carbonyl (C=O) groups is 2. The van der Waals surface area contributed by atoms with E-state index < -0.39 is 29.6 Å². The highest BCUT2D eigenvalue weighted by atomic mass is 19.4. The van der Waals surface area contributed by atoms with Gasteiger partial charge < -0.3 is 16.0 Å². The van der Waals surface area contributed by atoms with Gasteiger partial charge in [0.2, 0.25) is 0 Å². The molecule has 1 aliphatic heterocycles. The Balaban J connectivity index is 1.60. The van der Waals surface area contributed by atoms with Gasteiger partial charge in [-0.1, -0.05) is 6.92 Å². The number of amides is 2. The van der Waals surface area contributed by atoms with Crippen molar-refractivity contribution in [3.05, 3.63) is 42.0 Å². The van der Waals surface area contributed by atoms with Crippen LogP contribution < -0.4 is 11.1 Å². The minimum Gasteiger partial charge on any atom is -0.383 e. The van der Waals surface area contributed by atoms with E-state index in [1.807, 2.05) is 6.92 Å². The van der Waals surface area contributed by atoms with Crippen molar-refractivity contribution in [1.29, 1.82) is 0 Å². The molecule has 1 aliphatic rings. The number of nitrogens with one attached hydrogen (secondary N) is 2. The summed E-state index contributed by atoms with van der Waals surface area (Å²) >= 11 is 0. The van der Waals surface area contributed by atoms with Crippen LogP contribution in [0.3, 0.4) is 0 Å². The fourth-order valence-corrected chi connectivity index (χ4v) is 3.87. The summed E-state index contributed by atoms with van der Waals surface area (Å²) in [5.74, 6) is -1.51. The highest BCUT2D eigenvalue weighted by Gasteiger charge is 2.37. The molecule has 0 spiro atoms. The molecule has 0 aromatic carbocycles. The van der Waals surface area contributed by atoms with Gasteiger partial charge in [0.15, 0.2) is 0 Å². The molecular weight excluding hydrogens is 427 g/mol. The molecule has 168 valence electrons. The standard InChI is InChI=1S/C20H20F3N7O2/c1-10-2-3-15(11-4-12(6-25-5-11)20(21,22)23)30(9-10)19(32)18(31)28-14-8-26-17(24)13-7-27-29-16(13)14/h4-8,10,15H,2-3,9H2,1H3,(H2,24,26)(H,27,29)(H,28,31). The number of fused-ring (bicyclic) bond motifs is 1. The Hall–Kier alpha value is -3.70. The van der Waals surface area contributed by atoms with Crippen molar-refractivity contribution in [1.82, 2.24) is 25.1 Å². The van der Waals surface area contributed by atoms with Crippen molar-refractivity contribution in [2.75, 3.05) is 17.6 Å². The van der Waals surface area contributed by atoms with E-state index >= 15 is 0 Å². The number of alkyl halides is 3. The first kappa shape index (κ1) is 21.5. The van der Waals surface area contributed by atoms with Gasteiger partial charge >= 0.3 is 18.0 Å². The summed E-state index contributed by atoms with van der Waals surface area (Å²) in [7, 11) is 0. The predicted molar refractivity (Wildman–Crippen MR) is 109 cm³/mol. The predicted octanol–water partition coefficient (Wildman–Crippen LogP) is 2.89. The number of hydrogen-bond donors (Lipinski definition) is 3. The van der Waals surface area contributed by atoms with Crippen LogP contribution in [0.1, 0.15) is 36.9 Å². The summed E-state index contributed by atoms with van der Waals surface area (Å²) in [6.07, 6.45) is 1.32. The van der Waals surface area contributed by atoms with E-state index in [0.717, 1.165) is 12.3 Å². The van der Waals surface area contributed by atoms with Gasteiger partial charge in [-0.3, -0.25) is 19.7 Å². The molecule has 2 unspecified atom stereocenters. The Morgan fingerprint density at radius 3 is 2.75 bits per heavy atom. The molecule has 12 heteroatoms. The number of nitrogens with two attached hydrogens (primary N) is 1. The van der Waals surface area contributed by atoms with Gasteiger partial charge in [-0.15, -0.1) is 0 Å². The summed E-state index contributed by atoms with van der Waals surface area (Å²) in [6.45, 7) is 2.14. The average molecular weight is 447 g/mol. The molecule has 3 aromatic rings. The second-order valence-corrected chi connectivity index (χ2v) is 7.83. The fraction of sp³-hybridized carbons (Fsp3) is 0.350. The zero-order valence-corrected chi connectivity index (χ0v) is 17.0. The van der Waals surface area contributed by atoms with Crippen LogP contribution in [0.15, 0.2) is 30.9 Å². The summed E-state index contributed by atoms with van der Waals surface area (Å²) < 4.78 is 39.4. The quantitative estimate of drug-likeness (QED) is 0.518. The molecule has 9 nitrogen and oxygen atoms in total. The second kappa shape index (κ2) is 8.09. The lowest BCUT2D eigenvalue weighted by molar-refractivity contribution is -0.146. The van der Waals surface area contributed by atoms with Gasteiger partial charge in [0.1, 0.15) is 5.82 Å². The van der Waals surface area contributed by atoms with Crippen molar-refractivity contribution < 1.29 is 22.8 Å². The van der Waals surface area contributed by atoms with Gasteiger partial charge in [-0.25, -0.2) is 4.98 Å². The Labute approximate surface area is 180 Å². The third kappa shape index (κ3) is 4.07. The van der Waals surface area contributed by atoms with Gasteiger partial charge in [0.05, 0.1) is 40.6 Å². The lowest BCUT2D eigenvalue weighted by Gasteiger charge is -2.38. The van der Waals surface area contributed by atoms with E-state index in [1.165, 1.54) is 23.5 Å². The van der Waals surface area contributed by atoms with E-state index in [2.05, 4.69) is 25.5 Å². The molecule has 0 saturated carbocycles. The number of piperidine rings is 1. The first-order valence-corrected chi connectivity index (χ1v) is 9.86. The Morgan fingerprint density at radius 1 is 1.22 bits per heavy atom. The van der Waals surface area contributed by atoms with Crippen LogP contribution in [0, 0.1) is 5.92 Å². The van der Waals surface area contributed by atoms with Gasteiger partial charge in [-0.2, -0.15) is 18.3 Å². The second-order valence-electron chi connectivity index (χ2n) is 7.83. The van der Waals surface area contributed by atoms with Crippen LogP contribution >= 0.6 is 0 Å². The molecule has 0 bridgehead atoms. The molecule has 0 aliphatic carbocycles. The fourth-order valence-electron chi connectivity index (χ4n) is 3.87. The molecule has 32 heavy (non-hydrogen) atoms. The van der Waals surface area contributed by atoms with Crippen molar-refractivity contribution in [3.8, 4) is 0 Å². The smallest absolute Gasteiger partial charge is 0.383 e. The van der Waals surface area contributed by atoms with E-state index in [0.29, 0.717) is 23.7 Å². The molecule has 4 heterocycles. The Bertz CT molecular complexity index is 1180. The van der Waals surface area contributed by atoms with Crippen LogP contribution in [0.25, 0.3) is 10.9 Å². The van der Waals surface area contributed by atoms with Crippen molar-refractivity contribution in [2.45, 2.75) is 32.0 Å². The number of halogens is 3. The molecule has 1 saturated heterocycles. The monoisotopic (exact) mass is 447 g/mol. The minimum absolute atomic E-state index is 0.0827. The largest absolute Gasteiger partial charge is 0.417 e. The number of anilines is 2. The summed E-state index contributed by atoms with van der Waals surface area (Å²) in [6, 6.07) is 0.278. The lowest BCUT2D eigenvalue weighted by atomic mass is 9.90. The number of aromatic amines is 1. The highest BCUT2D eigenvalue weighted by molar-refractivity contribution is 6.40. The van der Waals surface area contributed by atoms with Gasteiger partial charge in [-0.05, 0) is 30.4 Å². The SMILES string of the molecule is CC1CCC(c2cncc(C(F)(F)F)c2)N(C(=O)C(=O)Nc2cnc(N)c3cn[nH]c23)C1. The number of H-pyrrole nitrogens is 1. The molecular formula is C20H20F3N7O2. The number of aromatic nitrogens is 4. The zero-order chi connectivity index (χ0) is 23.0. The number of pyridine rings is 2. The van der Waals surface area contributed by atoms with Crippen molar-refractivity contribution >= 4 is 34.2 Å². The third-order valence-corrected chi connectivity index (χ3v) is 5.51. The van der Waals surface area contributed by atoms with E-state index in [9.17, 15) is 22.8 Å². The normalized spacial score (nSPS) is 19.2. The van der Waals surface area contributed by atoms with Crippen molar-refractivity contribution in [3.63, 3.8) is 0 Å². The zero-order valence-electron chi connectivity index (χ0n) is 17.0. The Morgan fingerprint density at radius 2 is 2.00 bits per heavy atom. The highest BCUT2D eigenvalue weighted by Crippen LogP contribution is 2.36. The minimum atomic E-state index is -4.56. The molecule has 2 atom stereocenters. The third-order valence-electron chi connectivity index (χ3n) is 5.51. The van der Waals surface area contributed by atoms with Gasteiger partial charge in [0, 0.05) is 18.9 Å².